The first-order valence-electron chi connectivity index (χ1n) is 1.58. The van der Waals surface area contributed by atoms with Crippen LogP contribution in [0.5, 0.6) is 0 Å². The van der Waals surface area contributed by atoms with E-state index in [1.165, 1.54) is 0 Å². The van der Waals surface area contributed by atoms with Crippen LogP contribution in [-0.4, -0.2) is 17.6 Å². The number of hydrogen-bond acceptors (Lipinski definition) is 1. The van der Waals surface area contributed by atoms with Crippen LogP contribution < -0.4 is 0 Å². The first-order valence-corrected chi connectivity index (χ1v) is 2.12. The van der Waals surface area contributed by atoms with E-state index in [0.29, 0.717) is 12.3 Å². The van der Waals surface area contributed by atoms with Crippen LogP contribution in [0.15, 0.2) is 0 Å². The predicted octanol–water partition coefficient (Wildman–Crippen LogP) is 0.608. The number of halogens is 1. The second-order valence-corrected chi connectivity index (χ2v) is 1.14. The van der Waals surface area contributed by atoms with Gasteiger partial charge in [0.2, 0.25) is 0 Å². The molecule has 0 aliphatic carbocycles. The van der Waals surface area contributed by atoms with E-state index in [4.69, 9.17) is 16.7 Å². The molecule has 0 bridgehead atoms. The van der Waals surface area contributed by atoms with E-state index < -0.39 is 0 Å². The summed E-state index contributed by atoms with van der Waals surface area (Å²) in [5.41, 5.74) is 0. The van der Waals surface area contributed by atoms with Crippen LogP contribution in [0.2, 0.25) is 0 Å². The van der Waals surface area contributed by atoms with E-state index in [0.717, 1.165) is 0 Å². The van der Waals surface area contributed by atoms with Gasteiger partial charge in [-0.3, -0.25) is 0 Å². The van der Waals surface area contributed by atoms with Gasteiger partial charge in [0.1, 0.15) is 0 Å². The van der Waals surface area contributed by atoms with Gasteiger partial charge in [-0.15, -0.1) is 11.6 Å². The third-order valence-electron chi connectivity index (χ3n) is 0.292. The van der Waals surface area contributed by atoms with Crippen molar-refractivity contribution in [3.63, 3.8) is 0 Å². The summed E-state index contributed by atoms with van der Waals surface area (Å²) in [6, 6.07) is 0. The second-order valence-electron chi connectivity index (χ2n) is 0.766. The maximum absolute atomic E-state index is 7.98. The Hall–Kier alpha value is -0.750. The van der Waals surface area contributed by atoms with Crippen LogP contribution in [0.1, 0.15) is 6.42 Å². The molecule has 0 saturated carbocycles. The zero-order valence-corrected chi connectivity index (χ0v) is 10.8. The molecule has 0 atom stereocenters. The molecule has 0 aromatic rings. The smallest absolute Gasteiger partial charge is 0.0442 e. The average molecular weight is 362 g/mol. The summed E-state index contributed by atoms with van der Waals surface area (Å²) in [4.78, 5) is 0. The van der Waals surface area contributed by atoms with Crippen LogP contribution >= 0.6 is 11.6 Å². The Morgan fingerprint density at radius 2 is 2.00 bits per heavy atom. The Bertz CT molecular complexity index is 18.3. The molecule has 34 valence electrons. The minimum absolute atomic E-state index is 0. The monoisotopic (exact) mass is 361 g/mol. The maximum atomic E-state index is 7.98. The predicted molar refractivity (Wildman–Crippen MR) is 22.4 cm³/mol. The molecule has 0 heterocycles. The number of aliphatic hydroxyl groups is 1. The molecule has 0 spiro atoms. The minimum Gasteiger partial charge on any atom is -0.396 e. The minimum atomic E-state index is 0. The third-order valence-corrected chi connectivity index (χ3v) is 0.559. The summed E-state index contributed by atoms with van der Waals surface area (Å²) >= 11 is 5.14. The van der Waals surface area contributed by atoms with Gasteiger partial charge in [0.25, 0.3) is 0 Å². The van der Waals surface area contributed by atoms with Crippen LogP contribution in [0.3, 0.4) is 0 Å². The molecular formula is C3H7ClORf. The molecule has 0 rings (SSSR count). The fourth-order valence-electron chi connectivity index (χ4n) is 0.0598. The zero-order valence-electron chi connectivity index (χ0n) is 3.65. The number of aliphatic hydroxyl groups excluding tert-OH is 1. The van der Waals surface area contributed by atoms with E-state index in [1.807, 2.05) is 0 Å². The maximum Gasteiger partial charge on any atom is 0.0442 e. The van der Waals surface area contributed by atoms with Crippen molar-refractivity contribution in [2.24, 2.45) is 0 Å². The van der Waals surface area contributed by atoms with Gasteiger partial charge in [0.05, 0.1) is 0 Å². The number of alkyl halides is 1. The van der Waals surface area contributed by atoms with Crippen molar-refractivity contribution in [1.82, 2.24) is 0 Å². The normalized spacial score (nSPS) is 7.00. The van der Waals surface area contributed by atoms with Crippen LogP contribution in [0.4, 0.5) is 0 Å². The summed E-state index contributed by atoms with van der Waals surface area (Å²) in [5, 5.41) is 7.98. The molecule has 0 saturated heterocycles. The first-order chi connectivity index (χ1) is 2.41. The molecule has 0 aromatic heterocycles. The molecule has 0 aromatic carbocycles. The molecule has 3 heteroatoms. The van der Waals surface area contributed by atoms with Gasteiger partial charge in [0.15, 0.2) is 0 Å². The van der Waals surface area contributed by atoms with Gasteiger partial charge in [-0.05, 0) is 6.42 Å². The van der Waals surface area contributed by atoms with Crippen molar-refractivity contribution in [2.75, 3.05) is 12.5 Å². The Kier molecular flexibility index (Phi) is 13.3. The molecule has 0 radical (unpaired) electrons. The summed E-state index contributed by atoms with van der Waals surface area (Å²) in [6.45, 7) is 0.212. The number of rotatable bonds is 2. The summed E-state index contributed by atoms with van der Waals surface area (Å²) in [5.74, 6) is 0.566. The first kappa shape index (κ1) is 8.98. The molecule has 1 nitrogen and oxygen atoms in total. The zero-order chi connectivity index (χ0) is 4.12. The van der Waals surface area contributed by atoms with Gasteiger partial charge in [-0.1, -0.05) is 0 Å². The molecule has 0 aliphatic rings. The van der Waals surface area contributed by atoms with E-state index in [1.54, 1.807) is 0 Å². The van der Waals surface area contributed by atoms with Crippen LogP contribution in [0, 0.1) is 0 Å². The van der Waals surface area contributed by atoms with Crippen LogP contribution in [-0.2, 0) is 0 Å². The van der Waals surface area contributed by atoms with E-state index in [-0.39, 0.29) is 6.61 Å². The Balaban J connectivity index is 0. The van der Waals surface area contributed by atoms with Gasteiger partial charge in [-0.25, -0.2) is 0 Å². The summed E-state index contributed by atoms with van der Waals surface area (Å²) < 4.78 is 0. The Morgan fingerprint density at radius 3 is 2.00 bits per heavy atom. The summed E-state index contributed by atoms with van der Waals surface area (Å²) in [6.07, 6.45) is 0.710. The molecular weight excluding hydrogens is 354 g/mol. The second kappa shape index (κ2) is 8.87. The molecule has 0 fully saturated rings. The summed E-state index contributed by atoms with van der Waals surface area (Å²) in [7, 11) is 0. The average Bonchev–Trinajstić information content (AvgIpc) is 1.41. The van der Waals surface area contributed by atoms with Gasteiger partial charge in [-0.2, -0.15) is 0 Å². The van der Waals surface area contributed by atoms with Crippen molar-refractivity contribution >= 4 is 11.6 Å². The van der Waals surface area contributed by atoms with E-state index >= 15 is 0 Å². The third kappa shape index (κ3) is 10.5. The van der Waals surface area contributed by atoms with Gasteiger partial charge in [0, 0.05) is 12.5 Å². The quantitative estimate of drug-likeness (QED) is 0.715. The van der Waals surface area contributed by atoms with Crippen molar-refractivity contribution < 1.29 is 5.11 Å². The largest absolute Gasteiger partial charge is 0.396 e. The van der Waals surface area contributed by atoms with E-state index in [2.05, 4.69) is 0 Å². The standard InChI is InChI=1S/C3H7ClO.Rf/c4-2-1-3-5;/h5H,1-3H2;. The fraction of sp³-hybridized carbons (Fsp3) is 1.00. The van der Waals surface area contributed by atoms with Crippen LogP contribution in [0.25, 0.3) is 0 Å². The van der Waals surface area contributed by atoms with E-state index in [9.17, 15) is 0 Å². The molecule has 1 N–H and O–H groups in total. The Labute approximate surface area is 36.6 Å². The van der Waals surface area contributed by atoms with Gasteiger partial charge < -0.3 is 5.11 Å². The SMILES string of the molecule is OCCCCl.[Rf]. The van der Waals surface area contributed by atoms with Crippen molar-refractivity contribution in [3.8, 4) is 0 Å². The molecule has 0 amide bonds. The topological polar surface area (TPSA) is 20.2 Å². The molecule has 6 heavy (non-hydrogen) atoms. The van der Waals surface area contributed by atoms with Crippen molar-refractivity contribution in [2.45, 2.75) is 6.42 Å². The Morgan fingerprint density at radius 1 is 1.50 bits per heavy atom. The van der Waals surface area contributed by atoms with Gasteiger partial charge >= 0.3 is 0 Å². The van der Waals surface area contributed by atoms with Crippen molar-refractivity contribution in [3.05, 3.63) is 0 Å². The molecule has 0 unspecified atom stereocenters. The molecule has 0 aliphatic heterocycles. The fourth-order valence-corrected chi connectivity index (χ4v) is 0.179. The van der Waals surface area contributed by atoms with Crippen molar-refractivity contribution in [1.29, 1.82) is 0 Å². The number of hydrogen-bond donors (Lipinski definition) is 1.